The van der Waals surface area contributed by atoms with Gasteiger partial charge in [-0.1, -0.05) is 0 Å². The highest BCUT2D eigenvalue weighted by atomic mass is 32.1. The van der Waals surface area contributed by atoms with E-state index < -0.39 is 23.0 Å². The van der Waals surface area contributed by atoms with Crippen LogP contribution in [0.15, 0.2) is 24.5 Å². The number of benzene rings is 1. The lowest BCUT2D eigenvalue weighted by atomic mass is 9.94. The minimum atomic E-state index is -4.54. The van der Waals surface area contributed by atoms with Crippen molar-refractivity contribution in [2.75, 3.05) is 11.9 Å². The fourth-order valence-corrected chi connectivity index (χ4v) is 2.70. The Bertz CT molecular complexity index is 635. The number of alkyl halides is 3. The minimum Gasteiger partial charge on any atom is -0.359 e. The van der Waals surface area contributed by atoms with Crippen LogP contribution in [0.1, 0.15) is 24.0 Å². The van der Waals surface area contributed by atoms with Gasteiger partial charge in [0.15, 0.2) is 0 Å². The zero-order chi connectivity index (χ0) is 15.1. The summed E-state index contributed by atoms with van der Waals surface area (Å²) in [4.78, 5) is 3.96. The molecule has 3 rings (SSSR count). The van der Waals surface area contributed by atoms with Gasteiger partial charge in [0.2, 0.25) is 5.13 Å². The lowest BCUT2D eigenvalue weighted by molar-refractivity contribution is -0.137. The summed E-state index contributed by atoms with van der Waals surface area (Å²) in [6.07, 6.45) is -1.70. The van der Waals surface area contributed by atoms with E-state index in [-0.39, 0.29) is 0 Å². The highest BCUT2D eigenvalue weighted by Gasteiger charge is 2.45. The molecule has 1 aromatic heterocycles. The molecule has 0 radical (unpaired) electrons. The molecule has 1 fully saturated rings. The van der Waals surface area contributed by atoms with Crippen molar-refractivity contribution in [2.24, 2.45) is 0 Å². The first-order valence-electron chi connectivity index (χ1n) is 6.28. The highest BCUT2D eigenvalue weighted by molar-refractivity contribution is 7.09. The van der Waals surface area contributed by atoms with Crippen LogP contribution in [-0.2, 0) is 11.6 Å². The van der Waals surface area contributed by atoms with Crippen LogP contribution in [-0.4, -0.2) is 15.9 Å². The average Bonchev–Trinajstić information content (AvgIpc) is 3.02. The molecule has 1 heterocycles. The maximum atomic E-state index is 13.5. The van der Waals surface area contributed by atoms with Gasteiger partial charge in [0.05, 0.1) is 5.56 Å². The van der Waals surface area contributed by atoms with Crippen molar-refractivity contribution < 1.29 is 17.6 Å². The zero-order valence-electron chi connectivity index (χ0n) is 10.7. The first kappa shape index (κ1) is 14.2. The molecule has 0 aliphatic heterocycles. The summed E-state index contributed by atoms with van der Waals surface area (Å²) in [5.74, 6) is -0.859. The van der Waals surface area contributed by atoms with Crippen LogP contribution in [0.5, 0.6) is 0 Å². The maximum Gasteiger partial charge on any atom is 0.416 e. The number of anilines is 1. The van der Waals surface area contributed by atoms with E-state index >= 15 is 0 Å². The summed E-state index contributed by atoms with van der Waals surface area (Å²) in [7, 11) is 0. The quantitative estimate of drug-likeness (QED) is 0.871. The number of rotatable bonds is 4. The monoisotopic (exact) mass is 317 g/mol. The number of hydrogen-bond acceptors (Lipinski definition) is 4. The Morgan fingerprint density at radius 1 is 1.24 bits per heavy atom. The van der Waals surface area contributed by atoms with Crippen molar-refractivity contribution in [3.63, 3.8) is 0 Å². The lowest BCUT2D eigenvalue weighted by Gasteiger charge is -2.18. The maximum absolute atomic E-state index is 13.5. The van der Waals surface area contributed by atoms with E-state index in [0.29, 0.717) is 23.3 Å². The van der Waals surface area contributed by atoms with Gasteiger partial charge in [-0.05, 0) is 36.6 Å². The first-order chi connectivity index (χ1) is 9.89. The van der Waals surface area contributed by atoms with Gasteiger partial charge in [-0.25, -0.2) is 9.37 Å². The Kier molecular flexibility index (Phi) is 3.35. The van der Waals surface area contributed by atoms with Gasteiger partial charge in [0, 0.05) is 23.5 Å². The summed E-state index contributed by atoms with van der Waals surface area (Å²) >= 11 is 1.17. The highest BCUT2D eigenvalue weighted by Crippen LogP contribution is 2.49. The molecular weight excluding hydrogens is 306 g/mol. The van der Waals surface area contributed by atoms with Crippen molar-refractivity contribution >= 4 is 16.7 Å². The molecule has 21 heavy (non-hydrogen) atoms. The van der Waals surface area contributed by atoms with Crippen LogP contribution in [0, 0.1) is 5.82 Å². The van der Waals surface area contributed by atoms with Gasteiger partial charge in [-0.3, -0.25) is 0 Å². The van der Waals surface area contributed by atoms with Crippen LogP contribution < -0.4 is 5.32 Å². The number of aromatic nitrogens is 2. The van der Waals surface area contributed by atoms with Crippen molar-refractivity contribution in [1.29, 1.82) is 0 Å². The number of halogens is 4. The molecule has 112 valence electrons. The zero-order valence-corrected chi connectivity index (χ0v) is 11.6. The van der Waals surface area contributed by atoms with E-state index in [4.69, 9.17) is 0 Å². The Labute approximate surface area is 122 Å². The van der Waals surface area contributed by atoms with Gasteiger partial charge >= 0.3 is 6.18 Å². The van der Waals surface area contributed by atoms with E-state index in [1.54, 1.807) is 0 Å². The molecule has 8 heteroatoms. The molecule has 0 bridgehead atoms. The smallest absolute Gasteiger partial charge is 0.359 e. The largest absolute Gasteiger partial charge is 0.416 e. The molecule has 2 aromatic rings. The van der Waals surface area contributed by atoms with Gasteiger partial charge in [0.25, 0.3) is 0 Å². The van der Waals surface area contributed by atoms with E-state index in [1.165, 1.54) is 23.9 Å². The molecule has 1 aliphatic rings. The third-order valence-corrected chi connectivity index (χ3v) is 4.25. The van der Waals surface area contributed by atoms with Crippen LogP contribution in [0.3, 0.4) is 0 Å². The SMILES string of the molecule is Fc1cc(C(F)(F)F)cc(C2(CNc3ncns3)CC2)c1. The third-order valence-electron chi connectivity index (χ3n) is 3.63. The summed E-state index contributed by atoms with van der Waals surface area (Å²) in [5, 5.41) is 3.65. The Morgan fingerprint density at radius 3 is 2.57 bits per heavy atom. The van der Waals surface area contributed by atoms with Crippen LogP contribution in [0.4, 0.5) is 22.7 Å². The van der Waals surface area contributed by atoms with E-state index in [0.717, 1.165) is 18.9 Å². The second kappa shape index (κ2) is 4.94. The molecule has 0 amide bonds. The topological polar surface area (TPSA) is 37.8 Å². The molecule has 1 aliphatic carbocycles. The predicted molar refractivity (Wildman–Crippen MR) is 70.7 cm³/mol. The number of nitrogens with zero attached hydrogens (tertiary/aromatic N) is 2. The molecule has 0 unspecified atom stereocenters. The Hall–Kier alpha value is -1.70. The van der Waals surface area contributed by atoms with Gasteiger partial charge < -0.3 is 5.32 Å². The normalized spacial score (nSPS) is 16.8. The fourth-order valence-electron chi connectivity index (χ4n) is 2.27. The van der Waals surface area contributed by atoms with Crippen LogP contribution >= 0.6 is 11.5 Å². The molecule has 0 saturated heterocycles. The van der Waals surface area contributed by atoms with Crippen molar-refractivity contribution in [2.45, 2.75) is 24.4 Å². The summed E-state index contributed by atoms with van der Waals surface area (Å²) in [6.45, 7) is 0.420. The van der Waals surface area contributed by atoms with Crippen LogP contribution in [0.2, 0.25) is 0 Å². The molecule has 1 saturated carbocycles. The Balaban J connectivity index is 1.84. The van der Waals surface area contributed by atoms with Crippen molar-refractivity contribution in [3.05, 3.63) is 41.5 Å². The lowest BCUT2D eigenvalue weighted by Crippen LogP contribution is -2.20. The van der Waals surface area contributed by atoms with Gasteiger partial charge in [-0.15, -0.1) is 0 Å². The summed E-state index contributed by atoms with van der Waals surface area (Å²) in [5.41, 5.74) is -1.01. The molecule has 0 spiro atoms. The standard InChI is InChI=1S/C13H11F4N3S/c14-10-4-8(3-9(5-10)13(15,16)17)12(1-2-12)6-18-11-19-7-20-21-11/h3-5,7H,1-2,6H2,(H,18,19,20). The fraction of sp³-hybridized carbons (Fsp3) is 0.385. The summed E-state index contributed by atoms with van der Waals surface area (Å²) in [6, 6.07) is 2.75. The average molecular weight is 317 g/mol. The predicted octanol–water partition coefficient (Wildman–Crippen LogP) is 3.84. The van der Waals surface area contributed by atoms with Crippen LogP contribution in [0.25, 0.3) is 0 Å². The molecule has 1 N–H and O–H groups in total. The first-order valence-corrected chi connectivity index (χ1v) is 7.05. The van der Waals surface area contributed by atoms with E-state index in [9.17, 15) is 17.6 Å². The number of hydrogen-bond donors (Lipinski definition) is 1. The molecule has 3 nitrogen and oxygen atoms in total. The van der Waals surface area contributed by atoms with Crippen molar-refractivity contribution in [1.82, 2.24) is 9.36 Å². The minimum absolute atomic E-state index is 0.381. The summed E-state index contributed by atoms with van der Waals surface area (Å²) < 4.78 is 55.6. The molecule has 1 aromatic carbocycles. The van der Waals surface area contributed by atoms with E-state index in [2.05, 4.69) is 14.7 Å². The Morgan fingerprint density at radius 2 is 2.00 bits per heavy atom. The number of nitrogens with one attached hydrogen (secondary N) is 1. The van der Waals surface area contributed by atoms with Gasteiger partial charge in [-0.2, -0.15) is 17.5 Å². The van der Waals surface area contributed by atoms with Gasteiger partial charge in [0.1, 0.15) is 12.1 Å². The van der Waals surface area contributed by atoms with E-state index in [1.807, 2.05) is 0 Å². The third kappa shape index (κ3) is 2.99. The molecule has 0 atom stereocenters. The second-order valence-corrected chi connectivity index (χ2v) is 5.89. The molecular formula is C13H11F4N3S. The van der Waals surface area contributed by atoms with Crippen molar-refractivity contribution in [3.8, 4) is 0 Å². The second-order valence-electron chi connectivity index (χ2n) is 5.11.